The molecule has 2 aromatic heterocycles. The van der Waals surface area contributed by atoms with E-state index in [1.165, 1.54) is 41.2 Å². The Morgan fingerprint density at radius 3 is 2.68 bits per heavy atom. The molecule has 3 heterocycles. The molecule has 1 atom stereocenters. The number of carbonyl (C=O) groups is 1. The number of hydrogen-bond acceptors (Lipinski definition) is 5. The smallest absolute Gasteiger partial charge is 0.337 e. The number of nitrogens with zero attached hydrogens (tertiary/aromatic N) is 2. The minimum atomic E-state index is -1.13. The summed E-state index contributed by atoms with van der Waals surface area (Å²) in [5.74, 6) is -0.594. The van der Waals surface area contributed by atoms with Crippen molar-refractivity contribution in [3.05, 3.63) is 143 Å². The normalized spacial score (nSPS) is 16.1. The van der Waals surface area contributed by atoms with Gasteiger partial charge in [-0.3, -0.25) is 9.36 Å². The molecular weight excluding hydrogens is 563 g/mol. The van der Waals surface area contributed by atoms with E-state index in [9.17, 15) is 19.1 Å². The van der Waals surface area contributed by atoms with Crippen LogP contribution >= 0.6 is 22.9 Å². The van der Waals surface area contributed by atoms with Crippen LogP contribution < -0.4 is 14.9 Å². The van der Waals surface area contributed by atoms with Gasteiger partial charge in [0.05, 0.1) is 26.9 Å². The van der Waals surface area contributed by atoms with Gasteiger partial charge in [0, 0.05) is 17.2 Å². The Labute approximate surface area is 241 Å². The van der Waals surface area contributed by atoms with E-state index < -0.39 is 12.0 Å². The van der Waals surface area contributed by atoms with Gasteiger partial charge >= 0.3 is 5.97 Å². The summed E-state index contributed by atoms with van der Waals surface area (Å²) in [5, 5.41) is 9.54. The summed E-state index contributed by atoms with van der Waals surface area (Å²) in [6.45, 7) is 0. The van der Waals surface area contributed by atoms with Crippen molar-refractivity contribution in [1.29, 1.82) is 0 Å². The molecule has 0 saturated heterocycles. The van der Waals surface area contributed by atoms with E-state index in [1.807, 2.05) is 12.1 Å². The van der Waals surface area contributed by atoms with Gasteiger partial charge in [0.15, 0.2) is 4.80 Å². The number of fused-ring (bicyclic) bond motifs is 3. The van der Waals surface area contributed by atoms with Gasteiger partial charge in [0.2, 0.25) is 0 Å². The first-order chi connectivity index (χ1) is 19.9. The molecule has 0 unspecified atom stereocenters. The maximum atomic E-state index is 13.9. The lowest BCUT2D eigenvalue weighted by Crippen LogP contribution is -2.38. The zero-order valence-corrected chi connectivity index (χ0v) is 22.9. The Balaban J connectivity index is 1.37. The van der Waals surface area contributed by atoms with Gasteiger partial charge in [-0.1, -0.05) is 59.3 Å². The first-order valence-corrected chi connectivity index (χ1v) is 14.1. The number of benzene rings is 3. The molecule has 1 N–H and O–H groups in total. The molecule has 202 valence electrons. The van der Waals surface area contributed by atoms with E-state index in [0.29, 0.717) is 26.4 Å². The van der Waals surface area contributed by atoms with Gasteiger partial charge in [-0.05, 0) is 72.0 Å². The van der Waals surface area contributed by atoms with Crippen LogP contribution in [-0.4, -0.2) is 15.6 Å². The van der Waals surface area contributed by atoms with E-state index in [2.05, 4.69) is 12.1 Å². The van der Waals surface area contributed by atoms with Crippen molar-refractivity contribution in [1.82, 2.24) is 4.57 Å². The number of aromatic nitrogens is 1. The van der Waals surface area contributed by atoms with E-state index in [-0.39, 0.29) is 22.0 Å². The predicted molar refractivity (Wildman–Crippen MR) is 155 cm³/mol. The Hall–Kier alpha value is -4.53. The number of carboxylic acid groups (broad SMARTS) is 1. The van der Waals surface area contributed by atoms with Gasteiger partial charge in [0.25, 0.3) is 5.56 Å². The molecule has 3 aromatic carbocycles. The second-order valence-electron chi connectivity index (χ2n) is 9.87. The third-order valence-corrected chi connectivity index (χ3v) is 8.75. The summed E-state index contributed by atoms with van der Waals surface area (Å²) in [6.07, 6.45) is 3.23. The molecule has 0 spiro atoms. The second-order valence-corrected chi connectivity index (χ2v) is 11.3. The SMILES string of the molecule is O=C(O)c1cc(-c2ccc(/C=c3/sc4n(c3=O)[C@@H](c3ccc(F)cc3)C3=C(N=4)c4ccccc4CC3)o2)ccc1Cl. The van der Waals surface area contributed by atoms with Gasteiger partial charge < -0.3 is 9.52 Å². The largest absolute Gasteiger partial charge is 0.478 e. The lowest BCUT2D eigenvalue weighted by atomic mass is 9.83. The predicted octanol–water partition coefficient (Wildman–Crippen LogP) is 6.07. The van der Waals surface area contributed by atoms with Crippen molar-refractivity contribution < 1.29 is 18.7 Å². The summed E-state index contributed by atoms with van der Waals surface area (Å²) >= 11 is 7.28. The second kappa shape index (κ2) is 9.83. The lowest BCUT2D eigenvalue weighted by molar-refractivity contribution is 0.0697. The Morgan fingerprint density at radius 2 is 1.88 bits per heavy atom. The van der Waals surface area contributed by atoms with Crippen molar-refractivity contribution in [2.45, 2.75) is 18.9 Å². The molecular formula is C32H20ClFN2O4S. The molecule has 0 bridgehead atoms. The van der Waals surface area contributed by atoms with Crippen molar-refractivity contribution in [2.75, 3.05) is 0 Å². The number of halogens is 2. The summed E-state index contributed by atoms with van der Waals surface area (Å²) in [5.41, 5.74) is 5.29. The standard InChI is InChI=1S/C32H20ClFN2O4S/c33-25-13-8-19(15-24(25)31(38)39)26-14-11-21(40-26)16-27-30(37)36-29(18-5-9-20(34)10-6-18)23-12-7-17-3-1-2-4-22(17)28(23)35-32(36)41-27/h1-6,8-11,13-16,29H,7,12H2,(H,38,39)/b27-16+/t29-/m0/s1. The van der Waals surface area contributed by atoms with Crippen LogP contribution in [0.3, 0.4) is 0 Å². The fraction of sp³-hybridized carbons (Fsp3) is 0.0938. The van der Waals surface area contributed by atoms with Crippen molar-refractivity contribution in [2.24, 2.45) is 4.99 Å². The van der Waals surface area contributed by atoms with Crippen LogP contribution in [0.1, 0.15) is 45.3 Å². The van der Waals surface area contributed by atoms with Crippen molar-refractivity contribution in [3.63, 3.8) is 0 Å². The Bertz CT molecular complexity index is 2090. The number of carboxylic acids is 1. The van der Waals surface area contributed by atoms with Crippen LogP contribution in [0, 0.1) is 5.82 Å². The molecule has 41 heavy (non-hydrogen) atoms. The van der Waals surface area contributed by atoms with Crippen molar-refractivity contribution in [3.8, 4) is 11.3 Å². The average Bonchev–Trinajstić information content (AvgIpc) is 3.57. The van der Waals surface area contributed by atoms with E-state index in [4.69, 9.17) is 21.0 Å². The molecule has 2 aliphatic rings. The number of furan rings is 1. The Kier molecular flexibility index (Phi) is 6.10. The summed E-state index contributed by atoms with van der Waals surface area (Å²) in [6, 6.07) is 22.1. The molecule has 1 aliphatic carbocycles. The number of aryl methyl sites for hydroxylation is 1. The molecule has 0 amide bonds. The highest BCUT2D eigenvalue weighted by Crippen LogP contribution is 2.41. The highest BCUT2D eigenvalue weighted by atomic mass is 35.5. The van der Waals surface area contributed by atoms with Crippen LogP contribution in [0.2, 0.25) is 5.02 Å². The van der Waals surface area contributed by atoms with Crippen LogP contribution in [0.25, 0.3) is 23.1 Å². The zero-order valence-electron chi connectivity index (χ0n) is 21.3. The summed E-state index contributed by atoms with van der Waals surface area (Å²) in [7, 11) is 0. The van der Waals surface area contributed by atoms with Crippen LogP contribution in [-0.2, 0) is 6.42 Å². The summed E-state index contributed by atoms with van der Waals surface area (Å²) < 4.78 is 22.0. The average molecular weight is 583 g/mol. The molecule has 6 nitrogen and oxygen atoms in total. The fourth-order valence-electron chi connectivity index (χ4n) is 5.52. The van der Waals surface area contributed by atoms with E-state index in [1.54, 1.807) is 41.0 Å². The van der Waals surface area contributed by atoms with Crippen molar-refractivity contribution >= 4 is 40.7 Å². The zero-order chi connectivity index (χ0) is 28.2. The van der Waals surface area contributed by atoms with Crippen LogP contribution in [0.15, 0.2) is 98.6 Å². The topological polar surface area (TPSA) is 84.8 Å². The third kappa shape index (κ3) is 4.36. The summed E-state index contributed by atoms with van der Waals surface area (Å²) in [4.78, 5) is 30.9. The van der Waals surface area contributed by atoms with Gasteiger partial charge in [-0.15, -0.1) is 0 Å². The van der Waals surface area contributed by atoms with E-state index in [0.717, 1.165) is 35.2 Å². The van der Waals surface area contributed by atoms with Crippen LogP contribution in [0.4, 0.5) is 4.39 Å². The van der Waals surface area contributed by atoms with Crippen LogP contribution in [0.5, 0.6) is 0 Å². The monoisotopic (exact) mass is 582 g/mol. The lowest BCUT2D eigenvalue weighted by Gasteiger charge is -2.30. The quantitative estimate of drug-likeness (QED) is 0.279. The minimum Gasteiger partial charge on any atom is -0.478 e. The fourth-order valence-corrected chi connectivity index (χ4v) is 6.70. The number of hydrogen-bond donors (Lipinski definition) is 1. The number of thiazole rings is 1. The molecule has 0 fully saturated rings. The molecule has 9 heteroatoms. The first-order valence-electron chi connectivity index (χ1n) is 12.9. The number of aromatic carboxylic acids is 1. The highest BCUT2D eigenvalue weighted by molar-refractivity contribution is 7.07. The van der Waals surface area contributed by atoms with Gasteiger partial charge in [0.1, 0.15) is 17.3 Å². The molecule has 0 saturated carbocycles. The maximum Gasteiger partial charge on any atom is 0.337 e. The van der Waals surface area contributed by atoms with Gasteiger partial charge in [-0.2, -0.15) is 0 Å². The maximum absolute atomic E-state index is 13.9. The number of rotatable bonds is 4. The third-order valence-electron chi connectivity index (χ3n) is 7.44. The molecule has 0 radical (unpaired) electrons. The number of allylic oxidation sites excluding steroid dienone is 1. The molecule has 7 rings (SSSR count). The minimum absolute atomic E-state index is 0.0261. The molecule has 1 aliphatic heterocycles. The first kappa shape index (κ1) is 25.4. The Morgan fingerprint density at radius 1 is 1.07 bits per heavy atom. The van der Waals surface area contributed by atoms with Gasteiger partial charge in [-0.25, -0.2) is 14.2 Å². The van der Waals surface area contributed by atoms with E-state index >= 15 is 0 Å². The molecule has 5 aromatic rings. The highest BCUT2D eigenvalue weighted by Gasteiger charge is 2.32.